The highest BCUT2D eigenvalue weighted by atomic mass is 16.1. The number of carbonyl (C=O) groups is 1. The first kappa shape index (κ1) is 13.4. The van der Waals surface area contributed by atoms with Crippen molar-refractivity contribution in [1.82, 2.24) is 10.2 Å². The third-order valence-electron chi connectivity index (χ3n) is 2.26. The molecule has 0 aliphatic heterocycles. The van der Waals surface area contributed by atoms with Crippen LogP contribution in [0, 0.1) is 0 Å². The van der Waals surface area contributed by atoms with Gasteiger partial charge in [0.05, 0.1) is 0 Å². The van der Waals surface area contributed by atoms with Crippen molar-refractivity contribution >= 4 is 6.41 Å². The van der Waals surface area contributed by atoms with Crippen LogP contribution in [0.5, 0.6) is 0 Å². The molecule has 0 fully saturated rings. The summed E-state index contributed by atoms with van der Waals surface area (Å²) in [7, 11) is 4.23. The van der Waals surface area contributed by atoms with Crippen LogP contribution in [-0.2, 0) is 4.79 Å². The first-order chi connectivity index (χ1) is 6.77. The standard InChI is InChI=1S/C11H24N2O/c1-13(2)10-8-6-4-3-5-7-9-12-11-14/h11H,3-10H2,1-2H3,(H,12,14). The number of nitrogens with zero attached hydrogens (tertiary/aromatic N) is 1. The van der Waals surface area contributed by atoms with Crippen LogP contribution >= 0.6 is 0 Å². The molecule has 1 N–H and O–H groups in total. The highest BCUT2D eigenvalue weighted by Crippen LogP contribution is 2.04. The number of rotatable bonds is 10. The van der Waals surface area contributed by atoms with Gasteiger partial charge in [-0.2, -0.15) is 0 Å². The number of unbranched alkanes of at least 4 members (excludes halogenated alkanes) is 5. The van der Waals surface area contributed by atoms with Crippen LogP contribution in [0.15, 0.2) is 0 Å². The van der Waals surface area contributed by atoms with E-state index < -0.39 is 0 Å². The van der Waals surface area contributed by atoms with Gasteiger partial charge >= 0.3 is 0 Å². The van der Waals surface area contributed by atoms with E-state index in [1.165, 1.54) is 38.6 Å². The second-order valence-electron chi connectivity index (χ2n) is 4.00. The van der Waals surface area contributed by atoms with Gasteiger partial charge in [-0.15, -0.1) is 0 Å². The summed E-state index contributed by atoms with van der Waals surface area (Å²) in [5, 5.41) is 2.68. The summed E-state index contributed by atoms with van der Waals surface area (Å²) in [5.74, 6) is 0. The summed E-state index contributed by atoms with van der Waals surface area (Å²) in [6, 6.07) is 0. The third kappa shape index (κ3) is 11.4. The van der Waals surface area contributed by atoms with E-state index >= 15 is 0 Å². The lowest BCUT2D eigenvalue weighted by molar-refractivity contribution is -0.109. The molecular weight excluding hydrogens is 176 g/mol. The molecule has 0 bridgehead atoms. The Labute approximate surface area is 87.9 Å². The van der Waals surface area contributed by atoms with Crippen molar-refractivity contribution in [3.8, 4) is 0 Å². The summed E-state index contributed by atoms with van der Waals surface area (Å²) in [4.78, 5) is 12.2. The number of amides is 1. The lowest BCUT2D eigenvalue weighted by atomic mass is 10.1. The Bertz CT molecular complexity index is 126. The number of hydrogen-bond donors (Lipinski definition) is 1. The molecule has 0 spiro atoms. The molecule has 0 aromatic carbocycles. The van der Waals surface area contributed by atoms with Gasteiger partial charge in [-0.1, -0.05) is 25.7 Å². The zero-order chi connectivity index (χ0) is 10.6. The van der Waals surface area contributed by atoms with Crippen molar-refractivity contribution in [3.05, 3.63) is 0 Å². The number of carbonyl (C=O) groups excluding carboxylic acids is 1. The lowest BCUT2D eigenvalue weighted by Crippen LogP contribution is -2.12. The van der Waals surface area contributed by atoms with Gasteiger partial charge in [0, 0.05) is 6.54 Å². The van der Waals surface area contributed by atoms with E-state index in [2.05, 4.69) is 24.3 Å². The molecule has 14 heavy (non-hydrogen) atoms. The van der Waals surface area contributed by atoms with Gasteiger partial charge in [-0.05, 0) is 33.5 Å². The molecule has 3 heteroatoms. The van der Waals surface area contributed by atoms with E-state index in [1.54, 1.807) is 0 Å². The third-order valence-corrected chi connectivity index (χ3v) is 2.26. The van der Waals surface area contributed by atoms with Gasteiger partial charge < -0.3 is 10.2 Å². The summed E-state index contributed by atoms with van der Waals surface area (Å²) >= 11 is 0. The summed E-state index contributed by atoms with van der Waals surface area (Å²) in [5.41, 5.74) is 0. The van der Waals surface area contributed by atoms with E-state index in [9.17, 15) is 4.79 Å². The Hall–Kier alpha value is -0.570. The van der Waals surface area contributed by atoms with Crippen molar-refractivity contribution in [2.45, 2.75) is 38.5 Å². The van der Waals surface area contributed by atoms with E-state index in [4.69, 9.17) is 0 Å². The minimum absolute atomic E-state index is 0.775. The predicted molar refractivity (Wildman–Crippen MR) is 60.3 cm³/mol. The van der Waals surface area contributed by atoms with Gasteiger partial charge in [-0.3, -0.25) is 4.79 Å². The van der Waals surface area contributed by atoms with Crippen molar-refractivity contribution in [1.29, 1.82) is 0 Å². The van der Waals surface area contributed by atoms with E-state index in [0.29, 0.717) is 0 Å². The molecule has 0 aromatic heterocycles. The molecule has 0 aliphatic carbocycles. The fourth-order valence-electron chi connectivity index (χ4n) is 1.42. The molecule has 0 saturated carbocycles. The van der Waals surface area contributed by atoms with Crippen LogP contribution in [-0.4, -0.2) is 38.5 Å². The predicted octanol–water partition coefficient (Wildman–Crippen LogP) is 1.63. The Balaban J connectivity index is 2.88. The van der Waals surface area contributed by atoms with Crippen molar-refractivity contribution < 1.29 is 4.79 Å². The molecule has 3 nitrogen and oxygen atoms in total. The lowest BCUT2D eigenvalue weighted by Gasteiger charge is -2.08. The molecule has 0 aliphatic rings. The maximum absolute atomic E-state index is 9.93. The molecule has 0 saturated heterocycles. The van der Waals surface area contributed by atoms with Gasteiger partial charge in [0.1, 0.15) is 0 Å². The van der Waals surface area contributed by atoms with Crippen molar-refractivity contribution in [2.75, 3.05) is 27.2 Å². The molecule has 84 valence electrons. The molecule has 0 aromatic rings. The minimum atomic E-state index is 0.775. The molecule has 0 radical (unpaired) electrons. The Kier molecular flexibility index (Phi) is 10.1. The Morgan fingerprint density at radius 3 is 2.14 bits per heavy atom. The van der Waals surface area contributed by atoms with Crippen molar-refractivity contribution in [3.63, 3.8) is 0 Å². The first-order valence-corrected chi connectivity index (χ1v) is 5.59. The van der Waals surface area contributed by atoms with Crippen LogP contribution in [0.3, 0.4) is 0 Å². The van der Waals surface area contributed by atoms with Crippen LogP contribution in [0.25, 0.3) is 0 Å². The van der Waals surface area contributed by atoms with E-state index in [1.807, 2.05) is 0 Å². The van der Waals surface area contributed by atoms with E-state index in [-0.39, 0.29) is 0 Å². The maximum atomic E-state index is 9.93. The number of hydrogen-bond acceptors (Lipinski definition) is 2. The molecule has 0 rings (SSSR count). The Morgan fingerprint density at radius 1 is 1.00 bits per heavy atom. The van der Waals surface area contributed by atoms with Crippen LogP contribution < -0.4 is 5.32 Å². The second kappa shape index (κ2) is 10.5. The topological polar surface area (TPSA) is 32.3 Å². The van der Waals surface area contributed by atoms with Crippen LogP contribution in [0.1, 0.15) is 38.5 Å². The van der Waals surface area contributed by atoms with E-state index in [0.717, 1.165) is 19.4 Å². The summed E-state index contributed by atoms with van der Waals surface area (Å²) in [6.45, 7) is 2.04. The van der Waals surface area contributed by atoms with Gasteiger partial charge in [0.15, 0.2) is 0 Å². The monoisotopic (exact) mass is 200 g/mol. The molecule has 1 amide bonds. The Morgan fingerprint density at radius 2 is 1.57 bits per heavy atom. The SMILES string of the molecule is CN(C)CCCCCCCCNC=O. The smallest absolute Gasteiger partial charge is 0.207 e. The maximum Gasteiger partial charge on any atom is 0.207 e. The van der Waals surface area contributed by atoms with Gasteiger partial charge in [0.2, 0.25) is 6.41 Å². The zero-order valence-electron chi connectivity index (χ0n) is 9.59. The zero-order valence-corrected chi connectivity index (χ0v) is 9.59. The fourth-order valence-corrected chi connectivity index (χ4v) is 1.42. The van der Waals surface area contributed by atoms with Gasteiger partial charge in [0.25, 0.3) is 0 Å². The first-order valence-electron chi connectivity index (χ1n) is 5.59. The largest absolute Gasteiger partial charge is 0.359 e. The second-order valence-corrected chi connectivity index (χ2v) is 4.00. The highest BCUT2D eigenvalue weighted by Gasteiger charge is 1.92. The normalized spacial score (nSPS) is 10.5. The summed E-state index contributed by atoms with van der Waals surface area (Å²) < 4.78 is 0. The number of nitrogens with one attached hydrogen (secondary N) is 1. The van der Waals surface area contributed by atoms with Crippen LogP contribution in [0.4, 0.5) is 0 Å². The minimum Gasteiger partial charge on any atom is -0.359 e. The van der Waals surface area contributed by atoms with Gasteiger partial charge in [-0.25, -0.2) is 0 Å². The average Bonchev–Trinajstić information content (AvgIpc) is 2.15. The molecular formula is C11H24N2O. The average molecular weight is 200 g/mol. The van der Waals surface area contributed by atoms with Crippen LogP contribution in [0.2, 0.25) is 0 Å². The summed E-state index contributed by atoms with van der Waals surface area (Å²) in [6.07, 6.45) is 8.40. The highest BCUT2D eigenvalue weighted by molar-refractivity contribution is 5.45. The molecule has 0 heterocycles. The molecule has 0 unspecified atom stereocenters. The van der Waals surface area contributed by atoms with Crippen molar-refractivity contribution in [2.24, 2.45) is 0 Å². The fraction of sp³-hybridized carbons (Fsp3) is 0.909. The quantitative estimate of drug-likeness (QED) is 0.429. The molecule has 0 atom stereocenters.